The summed E-state index contributed by atoms with van der Waals surface area (Å²) in [7, 11) is 1.36. The molecule has 0 spiro atoms. The van der Waals surface area contributed by atoms with Crippen LogP contribution in [-0.2, 0) is 14.3 Å². The zero-order valence-corrected chi connectivity index (χ0v) is 9.15. The SMILES string of the molecule is COC(=O)[C@H]1O[C@H]1c1ccccc1Br. The highest BCUT2D eigenvalue weighted by Gasteiger charge is 2.47. The first-order chi connectivity index (χ1) is 6.74. The molecule has 0 amide bonds. The van der Waals surface area contributed by atoms with Gasteiger partial charge in [0.1, 0.15) is 6.10 Å². The van der Waals surface area contributed by atoms with Crippen molar-refractivity contribution >= 4 is 21.9 Å². The van der Waals surface area contributed by atoms with E-state index < -0.39 is 6.10 Å². The highest BCUT2D eigenvalue weighted by Crippen LogP contribution is 2.42. The molecule has 1 heterocycles. The van der Waals surface area contributed by atoms with Crippen LogP contribution in [0.4, 0.5) is 0 Å². The van der Waals surface area contributed by atoms with Gasteiger partial charge >= 0.3 is 5.97 Å². The van der Waals surface area contributed by atoms with E-state index in [1.165, 1.54) is 7.11 Å². The van der Waals surface area contributed by atoms with Crippen LogP contribution in [-0.4, -0.2) is 19.2 Å². The van der Waals surface area contributed by atoms with Crippen LogP contribution in [0.1, 0.15) is 11.7 Å². The van der Waals surface area contributed by atoms with Gasteiger partial charge in [-0.05, 0) is 11.6 Å². The second-order valence-electron chi connectivity index (χ2n) is 3.02. The zero-order chi connectivity index (χ0) is 10.1. The van der Waals surface area contributed by atoms with Gasteiger partial charge < -0.3 is 9.47 Å². The number of hydrogen-bond acceptors (Lipinski definition) is 3. The molecule has 1 aromatic rings. The Hall–Kier alpha value is -0.870. The molecule has 74 valence electrons. The molecule has 2 atom stereocenters. The molecule has 0 aromatic heterocycles. The second-order valence-corrected chi connectivity index (χ2v) is 3.88. The number of benzene rings is 1. The molecule has 1 aliphatic heterocycles. The number of esters is 1. The summed E-state index contributed by atoms with van der Waals surface area (Å²) in [4.78, 5) is 11.1. The standard InChI is InChI=1S/C10H9BrO3/c1-13-10(12)9-8(14-9)6-4-2-3-5-7(6)11/h2-5,8-9H,1H3/t8-,9-/m0/s1. The third kappa shape index (κ3) is 1.67. The molecule has 1 aromatic carbocycles. The summed E-state index contributed by atoms with van der Waals surface area (Å²) in [6.45, 7) is 0. The van der Waals surface area contributed by atoms with Crippen LogP contribution in [0.15, 0.2) is 28.7 Å². The van der Waals surface area contributed by atoms with E-state index in [1.807, 2.05) is 24.3 Å². The van der Waals surface area contributed by atoms with Crippen molar-refractivity contribution in [3.05, 3.63) is 34.3 Å². The number of hydrogen-bond donors (Lipinski definition) is 0. The smallest absolute Gasteiger partial charge is 0.338 e. The van der Waals surface area contributed by atoms with Crippen LogP contribution < -0.4 is 0 Å². The third-order valence-corrected chi connectivity index (χ3v) is 2.86. The van der Waals surface area contributed by atoms with Crippen LogP contribution in [0.25, 0.3) is 0 Å². The Balaban J connectivity index is 2.13. The lowest BCUT2D eigenvalue weighted by molar-refractivity contribution is -0.142. The van der Waals surface area contributed by atoms with Crippen LogP contribution in [0, 0.1) is 0 Å². The van der Waals surface area contributed by atoms with Gasteiger partial charge in [0.05, 0.1) is 7.11 Å². The van der Waals surface area contributed by atoms with Crippen molar-refractivity contribution in [3.8, 4) is 0 Å². The van der Waals surface area contributed by atoms with E-state index in [1.54, 1.807) is 0 Å². The summed E-state index contributed by atoms with van der Waals surface area (Å²) in [6.07, 6.45) is -0.586. The van der Waals surface area contributed by atoms with E-state index in [0.717, 1.165) is 10.0 Å². The highest BCUT2D eigenvalue weighted by atomic mass is 79.9. The summed E-state index contributed by atoms with van der Waals surface area (Å²) >= 11 is 3.40. The Labute approximate surface area is 90.1 Å². The summed E-state index contributed by atoms with van der Waals surface area (Å²) in [5.41, 5.74) is 0.989. The summed E-state index contributed by atoms with van der Waals surface area (Å²) in [5.74, 6) is -0.314. The first-order valence-electron chi connectivity index (χ1n) is 4.21. The van der Waals surface area contributed by atoms with Crippen LogP contribution >= 0.6 is 15.9 Å². The molecule has 1 saturated heterocycles. The molecule has 0 aliphatic carbocycles. The largest absolute Gasteiger partial charge is 0.467 e. The molecule has 0 bridgehead atoms. The average Bonchev–Trinajstić information content (AvgIpc) is 2.97. The van der Waals surface area contributed by atoms with Gasteiger partial charge in [0.2, 0.25) is 0 Å². The summed E-state index contributed by atoms with van der Waals surface area (Å²) in [5, 5.41) is 0. The first-order valence-corrected chi connectivity index (χ1v) is 5.01. The Morgan fingerprint density at radius 3 is 2.86 bits per heavy atom. The van der Waals surface area contributed by atoms with Crippen molar-refractivity contribution in [3.63, 3.8) is 0 Å². The fourth-order valence-electron chi connectivity index (χ4n) is 1.35. The van der Waals surface area contributed by atoms with E-state index in [2.05, 4.69) is 20.7 Å². The second kappa shape index (κ2) is 3.71. The van der Waals surface area contributed by atoms with E-state index in [-0.39, 0.29) is 12.1 Å². The maximum Gasteiger partial charge on any atom is 0.338 e. The van der Waals surface area contributed by atoms with Gasteiger partial charge in [-0.25, -0.2) is 4.79 Å². The minimum atomic E-state index is -0.432. The molecule has 0 unspecified atom stereocenters. The fourth-order valence-corrected chi connectivity index (χ4v) is 1.86. The highest BCUT2D eigenvalue weighted by molar-refractivity contribution is 9.10. The molecule has 4 heteroatoms. The van der Waals surface area contributed by atoms with Gasteiger partial charge in [-0.15, -0.1) is 0 Å². The van der Waals surface area contributed by atoms with Gasteiger partial charge in [0.25, 0.3) is 0 Å². The molecule has 1 aliphatic rings. The fraction of sp³-hybridized carbons (Fsp3) is 0.300. The number of carbonyl (C=O) groups is 1. The van der Waals surface area contributed by atoms with Crippen molar-refractivity contribution in [1.29, 1.82) is 0 Å². The van der Waals surface area contributed by atoms with Gasteiger partial charge in [-0.3, -0.25) is 0 Å². The summed E-state index contributed by atoms with van der Waals surface area (Å²) < 4.78 is 10.8. The van der Waals surface area contributed by atoms with E-state index in [4.69, 9.17) is 4.74 Å². The molecule has 3 nitrogen and oxygen atoms in total. The number of rotatable bonds is 2. The Morgan fingerprint density at radius 2 is 2.21 bits per heavy atom. The van der Waals surface area contributed by atoms with Gasteiger partial charge in [0.15, 0.2) is 6.10 Å². The Bertz CT molecular complexity index is 364. The topological polar surface area (TPSA) is 38.8 Å². The number of carbonyl (C=O) groups excluding carboxylic acids is 1. The monoisotopic (exact) mass is 256 g/mol. The quantitative estimate of drug-likeness (QED) is 0.601. The third-order valence-electron chi connectivity index (χ3n) is 2.14. The van der Waals surface area contributed by atoms with Crippen molar-refractivity contribution in [1.82, 2.24) is 0 Å². The van der Waals surface area contributed by atoms with E-state index >= 15 is 0 Å². The average molecular weight is 257 g/mol. The number of methoxy groups -OCH3 is 1. The maximum atomic E-state index is 11.1. The lowest BCUT2D eigenvalue weighted by Gasteiger charge is -1.98. The lowest BCUT2D eigenvalue weighted by Crippen LogP contribution is -2.09. The number of epoxide rings is 1. The molecule has 0 saturated carbocycles. The van der Waals surface area contributed by atoms with Crippen molar-refractivity contribution in [2.45, 2.75) is 12.2 Å². The molecule has 2 rings (SSSR count). The van der Waals surface area contributed by atoms with E-state index in [0.29, 0.717) is 0 Å². The minimum absolute atomic E-state index is 0.155. The molecule has 14 heavy (non-hydrogen) atoms. The first kappa shape index (κ1) is 9.68. The van der Waals surface area contributed by atoms with Crippen LogP contribution in [0.5, 0.6) is 0 Å². The van der Waals surface area contributed by atoms with Crippen molar-refractivity contribution < 1.29 is 14.3 Å². The van der Waals surface area contributed by atoms with Gasteiger partial charge in [0, 0.05) is 4.47 Å². The van der Waals surface area contributed by atoms with Crippen molar-refractivity contribution in [2.75, 3.05) is 7.11 Å². The van der Waals surface area contributed by atoms with Crippen LogP contribution in [0.2, 0.25) is 0 Å². The Kier molecular flexibility index (Phi) is 2.56. The molecule has 0 N–H and O–H groups in total. The minimum Gasteiger partial charge on any atom is -0.467 e. The predicted octanol–water partition coefficient (Wildman–Crippen LogP) is 2.06. The molecule has 1 fully saturated rings. The van der Waals surface area contributed by atoms with Crippen molar-refractivity contribution in [2.24, 2.45) is 0 Å². The van der Waals surface area contributed by atoms with E-state index in [9.17, 15) is 4.79 Å². The predicted molar refractivity (Wildman–Crippen MR) is 53.8 cm³/mol. The molecule has 0 radical (unpaired) electrons. The zero-order valence-electron chi connectivity index (χ0n) is 7.57. The Morgan fingerprint density at radius 1 is 1.50 bits per heavy atom. The number of halogens is 1. The maximum absolute atomic E-state index is 11.1. The molecular weight excluding hydrogens is 248 g/mol. The van der Waals surface area contributed by atoms with Crippen LogP contribution in [0.3, 0.4) is 0 Å². The van der Waals surface area contributed by atoms with Gasteiger partial charge in [-0.2, -0.15) is 0 Å². The summed E-state index contributed by atoms with van der Waals surface area (Å²) in [6, 6.07) is 7.68. The van der Waals surface area contributed by atoms with Gasteiger partial charge in [-0.1, -0.05) is 34.1 Å². The lowest BCUT2D eigenvalue weighted by atomic mass is 10.1. The molecular formula is C10H9BrO3. The number of ether oxygens (including phenoxy) is 2. The normalized spacial score (nSPS) is 24.4.